The number of hydrogen-bond donors (Lipinski definition) is 1. The smallest absolute Gasteiger partial charge is 0.0436 e. The molecule has 0 amide bonds. The highest BCUT2D eigenvalue weighted by Crippen LogP contribution is 2.32. The molecule has 1 atom stereocenters. The Morgan fingerprint density at radius 2 is 2.25 bits per heavy atom. The molecule has 1 saturated heterocycles. The standard InChI is InChI=1S/C10H21NO/c1-3-11-7-4-5-10(2,9-11)6-8-12/h12H,3-9H2,1-2H3. The van der Waals surface area contributed by atoms with E-state index >= 15 is 0 Å². The quantitative estimate of drug-likeness (QED) is 0.695. The average molecular weight is 171 g/mol. The van der Waals surface area contributed by atoms with Crippen LogP contribution in [0.4, 0.5) is 0 Å². The van der Waals surface area contributed by atoms with E-state index < -0.39 is 0 Å². The van der Waals surface area contributed by atoms with Crippen LogP contribution in [0.25, 0.3) is 0 Å². The first-order chi connectivity index (χ1) is 5.70. The lowest BCUT2D eigenvalue weighted by Gasteiger charge is -2.39. The number of aliphatic hydroxyl groups excluding tert-OH is 1. The summed E-state index contributed by atoms with van der Waals surface area (Å²) >= 11 is 0. The zero-order chi connectivity index (χ0) is 9.03. The minimum absolute atomic E-state index is 0.341. The van der Waals surface area contributed by atoms with Crippen LogP contribution < -0.4 is 0 Å². The van der Waals surface area contributed by atoms with E-state index in [4.69, 9.17) is 5.11 Å². The third kappa shape index (κ3) is 2.46. The third-order valence-electron chi connectivity index (χ3n) is 3.02. The second kappa shape index (κ2) is 4.24. The van der Waals surface area contributed by atoms with Gasteiger partial charge in [0.1, 0.15) is 0 Å². The molecule has 0 aromatic rings. The molecule has 2 heteroatoms. The highest BCUT2D eigenvalue weighted by atomic mass is 16.3. The van der Waals surface area contributed by atoms with Crippen molar-refractivity contribution in [3.63, 3.8) is 0 Å². The monoisotopic (exact) mass is 171 g/mol. The van der Waals surface area contributed by atoms with Crippen molar-refractivity contribution in [1.29, 1.82) is 0 Å². The molecule has 72 valence electrons. The average Bonchev–Trinajstić information content (AvgIpc) is 2.04. The van der Waals surface area contributed by atoms with E-state index in [1.807, 2.05) is 0 Å². The van der Waals surface area contributed by atoms with Gasteiger partial charge in [0.05, 0.1) is 0 Å². The minimum Gasteiger partial charge on any atom is -0.396 e. The van der Waals surface area contributed by atoms with Crippen LogP contribution in [0.3, 0.4) is 0 Å². The lowest BCUT2D eigenvalue weighted by atomic mass is 9.79. The van der Waals surface area contributed by atoms with E-state index in [-0.39, 0.29) is 0 Å². The van der Waals surface area contributed by atoms with E-state index in [1.165, 1.54) is 25.9 Å². The van der Waals surface area contributed by atoms with Gasteiger partial charge in [-0.25, -0.2) is 0 Å². The molecule has 0 saturated carbocycles. The molecule has 1 heterocycles. The van der Waals surface area contributed by atoms with Crippen LogP contribution in [-0.2, 0) is 0 Å². The van der Waals surface area contributed by atoms with Gasteiger partial charge >= 0.3 is 0 Å². The van der Waals surface area contributed by atoms with E-state index in [0.717, 1.165) is 13.0 Å². The van der Waals surface area contributed by atoms with E-state index in [2.05, 4.69) is 18.7 Å². The van der Waals surface area contributed by atoms with Gasteiger partial charge in [-0.2, -0.15) is 0 Å². The molecule has 1 fully saturated rings. The number of likely N-dealkylation sites (tertiary alicyclic amines) is 1. The molecule has 1 unspecified atom stereocenters. The highest BCUT2D eigenvalue weighted by molar-refractivity contribution is 4.82. The molecule has 0 aliphatic carbocycles. The second-order valence-electron chi connectivity index (χ2n) is 4.26. The molecule has 2 nitrogen and oxygen atoms in total. The summed E-state index contributed by atoms with van der Waals surface area (Å²) in [7, 11) is 0. The van der Waals surface area contributed by atoms with Crippen LogP contribution >= 0.6 is 0 Å². The number of nitrogens with zero attached hydrogens (tertiary/aromatic N) is 1. The molecule has 0 spiro atoms. The SMILES string of the molecule is CCN1CCCC(C)(CCO)C1. The minimum atomic E-state index is 0.341. The molecular weight excluding hydrogens is 150 g/mol. The van der Waals surface area contributed by atoms with Crippen molar-refractivity contribution in [2.75, 3.05) is 26.2 Å². The molecule has 0 aromatic carbocycles. The van der Waals surface area contributed by atoms with Gasteiger partial charge in [0.2, 0.25) is 0 Å². The maximum Gasteiger partial charge on any atom is 0.0436 e. The third-order valence-corrected chi connectivity index (χ3v) is 3.02. The van der Waals surface area contributed by atoms with Gasteiger partial charge in [-0.3, -0.25) is 0 Å². The lowest BCUT2D eigenvalue weighted by Crippen LogP contribution is -2.41. The number of rotatable bonds is 3. The molecule has 1 rings (SSSR count). The zero-order valence-corrected chi connectivity index (χ0v) is 8.34. The maximum absolute atomic E-state index is 8.92. The fourth-order valence-corrected chi connectivity index (χ4v) is 2.17. The summed E-state index contributed by atoms with van der Waals surface area (Å²) in [6.45, 7) is 8.42. The van der Waals surface area contributed by atoms with E-state index in [1.54, 1.807) is 0 Å². The predicted molar refractivity (Wildman–Crippen MR) is 51.2 cm³/mol. The number of hydrogen-bond acceptors (Lipinski definition) is 2. The largest absolute Gasteiger partial charge is 0.396 e. The van der Waals surface area contributed by atoms with Crippen LogP contribution in [0, 0.1) is 5.41 Å². The predicted octanol–water partition coefficient (Wildman–Crippen LogP) is 1.49. The summed E-state index contributed by atoms with van der Waals surface area (Å²) in [5.74, 6) is 0. The van der Waals surface area contributed by atoms with Crippen LogP contribution in [0.15, 0.2) is 0 Å². The summed E-state index contributed by atoms with van der Waals surface area (Å²) in [5, 5.41) is 8.92. The molecule has 0 aromatic heterocycles. The van der Waals surface area contributed by atoms with Crippen LogP contribution in [-0.4, -0.2) is 36.2 Å². The Bertz CT molecular complexity index is 134. The molecule has 1 N–H and O–H groups in total. The van der Waals surface area contributed by atoms with Gasteiger partial charge in [-0.05, 0) is 37.8 Å². The summed E-state index contributed by atoms with van der Waals surface area (Å²) in [5.41, 5.74) is 0.378. The first-order valence-corrected chi connectivity index (χ1v) is 5.03. The fourth-order valence-electron chi connectivity index (χ4n) is 2.17. The van der Waals surface area contributed by atoms with Gasteiger partial charge in [-0.15, -0.1) is 0 Å². The first-order valence-electron chi connectivity index (χ1n) is 5.03. The fraction of sp³-hybridized carbons (Fsp3) is 1.00. The molecule has 12 heavy (non-hydrogen) atoms. The Morgan fingerprint density at radius 3 is 2.83 bits per heavy atom. The highest BCUT2D eigenvalue weighted by Gasteiger charge is 2.29. The molecule has 0 radical (unpaired) electrons. The Balaban J connectivity index is 2.43. The summed E-state index contributed by atoms with van der Waals surface area (Å²) in [6, 6.07) is 0. The Labute approximate surface area is 75.6 Å². The van der Waals surface area contributed by atoms with Crippen molar-refractivity contribution in [3.05, 3.63) is 0 Å². The van der Waals surface area contributed by atoms with Gasteiger partial charge in [0, 0.05) is 13.2 Å². The maximum atomic E-state index is 8.92. The topological polar surface area (TPSA) is 23.5 Å². The Kier molecular flexibility index (Phi) is 3.53. The van der Waals surface area contributed by atoms with Gasteiger partial charge in [0.15, 0.2) is 0 Å². The number of piperidine rings is 1. The van der Waals surface area contributed by atoms with Crippen molar-refractivity contribution in [2.24, 2.45) is 5.41 Å². The molecule has 1 aliphatic heterocycles. The van der Waals surface area contributed by atoms with Crippen molar-refractivity contribution >= 4 is 0 Å². The lowest BCUT2D eigenvalue weighted by molar-refractivity contribution is 0.0805. The Hall–Kier alpha value is -0.0800. The van der Waals surface area contributed by atoms with E-state index in [0.29, 0.717) is 12.0 Å². The van der Waals surface area contributed by atoms with Crippen molar-refractivity contribution in [1.82, 2.24) is 4.90 Å². The normalized spacial score (nSPS) is 32.2. The van der Waals surface area contributed by atoms with Crippen molar-refractivity contribution in [2.45, 2.75) is 33.1 Å². The Morgan fingerprint density at radius 1 is 1.50 bits per heavy atom. The van der Waals surface area contributed by atoms with Crippen LogP contribution in [0.5, 0.6) is 0 Å². The van der Waals surface area contributed by atoms with Gasteiger partial charge in [0.25, 0.3) is 0 Å². The van der Waals surface area contributed by atoms with E-state index in [9.17, 15) is 0 Å². The van der Waals surface area contributed by atoms with Crippen LogP contribution in [0.2, 0.25) is 0 Å². The van der Waals surface area contributed by atoms with Gasteiger partial charge < -0.3 is 10.0 Å². The number of aliphatic hydroxyl groups is 1. The zero-order valence-electron chi connectivity index (χ0n) is 8.34. The van der Waals surface area contributed by atoms with Crippen LogP contribution in [0.1, 0.15) is 33.1 Å². The van der Waals surface area contributed by atoms with Crippen molar-refractivity contribution < 1.29 is 5.11 Å². The molecule has 1 aliphatic rings. The molecular formula is C10H21NO. The first kappa shape index (κ1) is 10.0. The van der Waals surface area contributed by atoms with Gasteiger partial charge in [-0.1, -0.05) is 13.8 Å². The van der Waals surface area contributed by atoms with Crippen molar-refractivity contribution in [3.8, 4) is 0 Å². The second-order valence-corrected chi connectivity index (χ2v) is 4.26. The summed E-state index contributed by atoms with van der Waals surface area (Å²) in [6.07, 6.45) is 3.54. The summed E-state index contributed by atoms with van der Waals surface area (Å²) in [4.78, 5) is 2.49. The summed E-state index contributed by atoms with van der Waals surface area (Å²) < 4.78 is 0. The molecule has 0 bridgehead atoms.